The van der Waals surface area contributed by atoms with Gasteiger partial charge in [0.1, 0.15) is 33.8 Å². The van der Waals surface area contributed by atoms with Gasteiger partial charge in [0.05, 0.1) is 0 Å². The predicted molar refractivity (Wildman–Crippen MR) is 530 cm³/mol. The lowest BCUT2D eigenvalue weighted by Gasteiger charge is -2.22. The van der Waals surface area contributed by atoms with Crippen molar-refractivity contribution in [3.63, 3.8) is 0 Å². The number of rotatable bonds is 21. The molecular formula is C69H124Cl6F3IN38O16S2. The normalized spacial score (nSPS) is 11.4. The lowest BCUT2D eigenvalue weighted by molar-refractivity contribution is -0.0436. The summed E-state index contributed by atoms with van der Waals surface area (Å²) in [5, 5.41) is 27.6. The number of nitrogens with two attached hydrogens (primary N) is 15. The molecule has 54 nitrogen and oxygen atoms in total. The number of anilines is 8. The fourth-order valence-electron chi connectivity index (χ4n) is 7.17. The molecular weight excluding hydrogens is 2080 g/mol. The molecule has 768 valence electrons. The van der Waals surface area contributed by atoms with Crippen molar-refractivity contribution < 1.29 is 88.4 Å². The van der Waals surface area contributed by atoms with E-state index >= 15 is 0 Å². The highest BCUT2D eigenvalue weighted by Crippen LogP contribution is 2.26. The van der Waals surface area contributed by atoms with Gasteiger partial charge in [0.15, 0.2) is 113 Å². The Kier molecular flexibility index (Phi) is 65.2. The van der Waals surface area contributed by atoms with E-state index in [-0.39, 0.29) is 193 Å². The molecule has 0 aliphatic carbocycles. The number of nitrogens with one attached hydrogen (secondary N) is 10. The maximum atomic E-state index is 12.2. The van der Waals surface area contributed by atoms with Crippen LogP contribution < -0.4 is 134 Å². The molecule has 0 saturated carbocycles. The van der Waals surface area contributed by atoms with Crippen molar-refractivity contribution in [2.24, 2.45) is 64.5 Å². The molecule has 0 bridgehead atoms. The second kappa shape index (κ2) is 65.5. The molecule has 9 amide bonds. The predicted octanol–water partition coefficient (Wildman–Crippen LogP) is 3.79. The van der Waals surface area contributed by atoms with Crippen molar-refractivity contribution in [2.45, 2.75) is 176 Å². The van der Waals surface area contributed by atoms with Crippen molar-refractivity contribution in [1.29, 1.82) is 5.41 Å². The van der Waals surface area contributed by atoms with Crippen molar-refractivity contribution in [2.75, 3.05) is 118 Å². The van der Waals surface area contributed by atoms with Crippen molar-refractivity contribution >= 4 is 252 Å². The first-order chi connectivity index (χ1) is 60.5. The summed E-state index contributed by atoms with van der Waals surface area (Å²) < 4.78 is 84.7. The van der Waals surface area contributed by atoms with E-state index in [1.54, 1.807) is 73.9 Å². The number of sulfonamides is 1. The van der Waals surface area contributed by atoms with Crippen LogP contribution in [0.1, 0.15) is 185 Å². The minimum absolute atomic E-state index is 0. The maximum Gasteiger partial charge on any atom is 0.518 e. The number of alkyl halides is 3. The second-order valence-corrected chi connectivity index (χ2v) is 34.0. The van der Waals surface area contributed by atoms with Gasteiger partial charge in [-0.05, 0) is 175 Å². The number of hydrogen-bond acceptors (Lipinski definition) is 42. The second-order valence-electron chi connectivity index (χ2n) is 30.2. The molecule has 0 aliphatic rings. The number of carbonyl (C=O) groups is 9. The van der Waals surface area contributed by atoms with Crippen LogP contribution in [0.15, 0.2) is 24.4 Å². The third-order valence-electron chi connectivity index (χ3n) is 12.4. The zero-order chi connectivity index (χ0) is 103. The first kappa shape index (κ1) is 135. The number of amidine groups is 2. The quantitative estimate of drug-likeness (QED) is 0.0185. The Morgan fingerprint density at radius 2 is 0.637 bits per heavy atom. The van der Waals surface area contributed by atoms with Crippen molar-refractivity contribution in [3.8, 4) is 0 Å². The van der Waals surface area contributed by atoms with Gasteiger partial charge in [0.25, 0.3) is 23.6 Å². The van der Waals surface area contributed by atoms with E-state index in [4.69, 9.17) is 162 Å². The highest BCUT2D eigenvalue weighted by Gasteiger charge is 2.46. The van der Waals surface area contributed by atoms with Crippen LogP contribution in [-0.2, 0) is 33.7 Å². The third kappa shape index (κ3) is 65.2. The highest BCUT2D eigenvalue weighted by molar-refractivity contribution is 14.0. The van der Waals surface area contributed by atoms with E-state index < -0.39 is 97.4 Å². The van der Waals surface area contributed by atoms with Gasteiger partial charge in [-0.25, -0.2) is 63.8 Å². The molecule has 0 fully saturated rings. The van der Waals surface area contributed by atoms with Crippen LogP contribution in [-0.4, -0.2) is 242 Å². The Labute approximate surface area is 830 Å². The first-order valence-electron chi connectivity index (χ1n) is 38.3. The molecule has 4 heterocycles. The lowest BCUT2D eigenvalue weighted by atomic mass is 10.2. The maximum absolute atomic E-state index is 12.2. The lowest BCUT2D eigenvalue weighted by Crippen LogP contribution is -2.47. The number of aliphatic imine (C=N–C) groups is 4. The number of amides is 9. The smallest absolute Gasteiger partial charge is 0.444 e. The topological polar surface area (TPSA) is 921 Å². The number of aromatic nitrogens is 8. The summed E-state index contributed by atoms with van der Waals surface area (Å²) in [6.07, 6.45) is 1.24. The van der Waals surface area contributed by atoms with Crippen LogP contribution in [0.3, 0.4) is 0 Å². The zero-order valence-electron chi connectivity index (χ0n) is 76.8. The van der Waals surface area contributed by atoms with Gasteiger partial charge in [-0.1, -0.05) is 58.2 Å². The Bertz CT molecular complexity index is 4770. The number of alkyl carbamates (subject to hydrolysis) is 5. The SMILES string of the molecule is CC(=NS(=O)(=O)C(F)(F)F)NC(=O)OC(C)(C)C.CC(C)(C)OC(=O)NC(=NCCCN=C(N)NC(=O)c1nc(Cl)c(N)nc1N)NC(=O)OC(C)(C)C.CC(C)(C)OC(=O)NCCCN.CC(C)(C)OC(=O)NCCCN=C(N)NC(=O)c1nc(Cl)c(N)nc1N.CSC(=N)NC(=O)c1nc(Cl)c(N)nc1N.Cl.Cl.I.NCCCN.NCCCN=C(N)NC(=O)c1nc(Cl)c(N)nc1N. The van der Waals surface area contributed by atoms with Gasteiger partial charge in [-0.3, -0.25) is 76.5 Å². The van der Waals surface area contributed by atoms with Crippen LogP contribution in [0.2, 0.25) is 20.6 Å². The van der Waals surface area contributed by atoms with E-state index in [9.17, 15) is 64.7 Å². The Balaban J connectivity index is -0.000000376. The minimum atomic E-state index is -5.67. The molecule has 0 spiro atoms. The van der Waals surface area contributed by atoms with Crippen LogP contribution >= 0.6 is 107 Å². The molecule has 40 N–H and O–H groups in total. The number of thioether (sulfide) groups is 1. The van der Waals surface area contributed by atoms with Gasteiger partial charge < -0.3 is 126 Å². The van der Waals surface area contributed by atoms with E-state index in [2.05, 4.69) is 107 Å². The molecule has 0 aliphatic heterocycles. The summed E-state index contributed by atoms with van der Waals surface area (Å²) >= 11 is 23.8. The van der Waals surface area contributed by atoms with Gasteiger partial charge in [0, 0.05) is 39.3 Å². The minimum Gasteiger partial charge on any atom is -0.444 e. The number of nitrogens with zero attached hydrogens (tertiary/aromatic N) is 13. The van der Waals surface area contributed by atoms with Crippen LogP contribution in [0, 0.1) is 5.41 Å². The fourth-order valence-corrected chi connectivity index (χ4v) is 8.38. The van der Waals surface area contributed by atoms with E-state index in [1.165, 1.54) is 20.8 Å². The molecule has 4 aromatic heterocycles. The van der Waals surface area contributed by atoms with Crippen LogP contribution in [0.5, 0.6) is 0 Å². The number of ether oxygens (including phenoxy) is 5. The average Bonchev–Trinajstić information content (AvgIpc) is 0.841. The molecule has 135 heavy (non-hydrogen) atoms. The third-order valence-corrected chi connectivity index (χ3v) is 15.1. The van der Waals surface area contributed by atoms with E-state index in [0.717, 1.165) is 44.6 Å². The summed E-state index contributed by atoms with van der Waals surface area (Å²) in [5.74, 6) is -5.10. The number of hydrogen-bond donors (Lipinski definition) is 25. The largest absolute Gasteiger partial charge is 0.518 e. The summed E-state index contributed by atoms with van der Waals surface area (Å²) in [6.45, 7) is 30.8. The average molecular weight is 2200 g/mol. The number of nitrogen functional groups attached to an aromatic ring is 8. The molecule has 4 rings (SSSR count). The number of carbonyl (C=O) groups excluding carboxylic acids is 9. The van der Waals surface area contributed by atoms with Crippen molar-refractivity contribution in [1.82, 2.24) is 87.7 Å². The standard InChI is InChI=1S/C20H33ClN10O5.C14H23ClN8O3.C9H15ClN8O.C8H13F3N2O4S.C8H18N2O2.C7H9ClN6OS.C3H10N2.2ClH.HI/c1-19(2,3)35-17(33)30-16(31-18(34)36-20(4,5)6)26-9-7-8-25-15(24)29-14(32)10-12(22)28-13(23)11(21)27-10;1-14(2,3)26-13(25)20-6-4-5-19-12(18)23-11(24)7-9(16)22-10(17)8(15)21-7;10-5-7(13)17-6(12)4(16-5)8(19)18-9(14)15-3-1-2-11;1-5(12-6(14)17-7(2,3)4)13-18(15,16)8(9,10)11;1-8(2,3)12-7(11)10-6-4-5-9;1-16-7(11)14-6(15)2-4(9)13-5(10)3(8)12-2;4-2-1-3-5;;;/h7-9H2,1-6H3,(H4,22,23,28)(H3,24,25,29,32)(H2,26,30,31,33,34);4-6H2,1-3H3,(H,20,25)(H4,16,17,22)(H3,18,19,23,24);1-3,11H2,(H4,12,13,17)(H3,14,15,18,19);1-4H3,(H,12,13,14);4-6,9H2,1-3H3,(H,10,11);1H3,(H4,9,10,13)(H2,11,14,15);1-5H2;3*1H. The summed E-state index contributed by atoms with van der Waals surface area (Å²) in [4.78, 5) is 151. The molecule has 0 unspecified atom stereocenters. The van der Waals surface area contributed by atoms with Gasteiger partial charge in [-0.2, -0.15) is 21.6 Å². The van der Waals surface area contributed by atoms with Gasteiger partial charge >= 0.3 is 46.0 Å². The van der Waals surface area contributed by atoms with Crippen LogP contribution in [0.25, 0.3) is 0 Å². The molecule has 66 heteroatoms. The van der Waals surface area contributed by atoms with Gasteiger partial charge in [0.2, 0.25) is 5.96 Å². The van der Waals surface area contributed by atoms with E-state index in [0.29, 0.717) is 52.0 Å². The first-order valence-corrected chi connectivity index (χ1v) is 42.4. The molecule has 0 atom stereocenters. The summed E-state index contributed by atoms with van der Waals surface area (Å²) in [7, 11) is -5.67. The highest BCUT2D eigenvalue weighted by atomic mass is 127. The van der Waals surface area contributed by atoms with Crippen LogP contribution in [0.4, 0.5) is 83.7 Å². The van der Waals surface area contributed by atoms with Gasteiger partial charge in [-0.15, -0.1) is 53.2 Å². The summed E-state index contributed by atoms with van der Waals surface area (Å²) in [6, 6.07) is 0. The molecule has 0 radical (unpaired) electrons. The number of halogens is 10. The zero-order valence-corrected chi connectivity index (χ0v) is 85.4. The summed E-state index contributed by atoms with van der Waals surface area (Å²) in [5.41, 5.74) is 71.6. The molecule has 0 saturated heterocycles. The van der Waals surface area contributed by atoms with E-state index in [1.807, 2.05) is 20.8 Å². The molecule has 4 aromatic rings. The molecule has 0 aromatic carbocycles. The van der Waals surface area contributed by atoms with Crippen molar-refractivity contribution in [3.05, 3.63) is 43.4 Å². The Morgan fingerprint density at radius 3 is 0.904 bits per heavy atom. The Hall–Kier alpha value is -11.2. The fraction of sp³-hybridized carbons (Fsp3) is 0.551. The Morgan fingerprint density at radius 1 is 0.385 bits per heavy atom. The monoisotopic (exact) mass is 2200 g/mol. The number of guanidine groups is 4.